The Bertz CT molecular complexity index is 1110. The van der Waals surface area contributed by atoms with E-state index in [1.807, 2.05) is 18.2 Å². The molecule has 0 fully saturated rings. The lowest BCUT2D eigenvalue weighted by Crippen LogP contribution is -2.22. The average molecular weight is 496 g/mol. The van der Waals surface area contributed by atoms with Gasteiger partial charge in [-0.1, -0.05) is 45.0 Å². The normalized spacial score (nSPS) is 11.5. The summed E-state index contributed by atoms with van der Waals surface area (Å²) in [6.07, 6.45) is 0.168. The van der Waals surface area contributed by atoms with Gasteiger partial charge in [0.25, 0.3) is 5.09 Å². The molecule has 0 aliphatic heterocycles. The molecular formula is C20H17NO8S3. The van der Waals surface area contributed by atoms with Crippen LogP contribution in [-0.4, -0.2) is 35.9 Å². The molecular weight excluding hydrogens is 478 g/mol. The molecule has 168 valence electrons. The number of nitrogens with zero attached hydrogens (tertiary/aromatic N) is 1. The van der Waals surface area contributed by atoms with Crippen LogP contribution in [-0.2, 0) is 9.57 Å². The number of benzene rings is 2. The second-order valence-corrected chi connectivity index (χ2v) is 9.02. The zero-order valence-electron chi connectivity index (χ0n) is 16.4. The van der Waals surface area contributed by atoms with E-state index in [0.717, 1.165) is 14.3 Å². The van der Waals surface area contributed by atoms with E-state index in [1.54, 1.807) is 34.6 Å². The fourth-order valence-electron chi connectivity index (χ4n) is 2.48. The Morgan fingerprint density at radius 2 is 1.88 bits per heavy atom. The van der Waals surface area contributed by atoms with Gasteiger partial charge >= 0.3 is 12.4 Å². The number of rotatable bonds is 11. The molecule has 0 saturated carbocycles. The molecule has 2 aromatic carbocycles. The topological polar surface area (TPSA) is 117 Å². The van der Waals surface area contributed by atoms with Gasteiger partial charge in [-0.05, 0) is 54.4 Å². The van der Waals surface area contributed by atoms with Gasteiger partial charge < -0.3 is 24.2 Å². The number of para-hydroxylation sites is 1. The van der Waals surface area contributed by atoms with Crippen LogP contribution in [0.4, 0.5) is 0 Å². The summed E-state index contributed by atoms with van der Waals surface area (Å²) < 4.78 is 16.5. The molecule has 0 saturated heterocycles. The predicted molar refractivity (Wildman–Crippen MR) is 120 cm³/mol. The van der Waals surface area contributed by atoms with Crippen LogP contribution in [0.25, 0.3) is 10.4 Å². The number of ether oxygens (including phenoxy) is 3. The van der Waals surface area contributed by atoms with Crippen LogP contribution < -0.4 is 9.47 Å². The molecule has 0 spiro atoms. The molecule has 32 heavy (non-hydrogen) atoms. The average Bonchev–Trinajstić information content (AvgIpc) is 3.20. The maximum atomic E-state index is 12.6. The first kappa shape index (κ1) is 23.8. The molecule has 3 rings (SSSR count). The predicted octanol–water partition coefficient (Wildman–Crippen LogP) is 4.69. The summed E-state index contributed by atoms with van der Waals surface area (Å²) in [6.45, 7) is -1.91. The number of hydrogen-bond acceptors (Lipinski definition) is 11. The highest BCUT2D eigenvalue weighted by atomic mass is 32.9. The Labute approximate surface area is 194 Å². The molecule has 1 atom stereocenters. The van der Waals surface area contributed by atoms with Gasteiger partial charge in [-0.25, -0.2) is 4.79 Å². The van der Waals surface area contributed by atoms with E-state index in [4.69, 9.17) is 26.4 Å². The van der Waals surface area contributed by atoms with Crippen molar-refractivity contribution in [1.29, 1.82) is 0 Å². The highest BCUT2D eigenvalue weighted by Gasteiger charge is 2.17. The van der Waals surface area contributed by atoms with Gasteiger partial charge in [-0.2, -0.15) is 0 Å². The zero-order valence-corrected chi connectivity index (χ0v) is 18.8. The monoisotopic (exact) mass is 495 g/mol. The first-order valence-electron chi connectivity index (χ1n) is 9.18. The highest BCUT2D eigenvalue weighted by Crippen LogP contribution is 2.31. The molecule has 0 aliphatic carbocycles. The van der Waals surface area contributed by atoms with E-state index in [0.29, 0.717) is 5.75 Å². The fourth-order valence-corrected chi connectivity index (χ4v) is 4.89. The molecule has 12 heteroatoms. The minimum absolute atomic E-state index is 0.0497. The summed E-state index contributed by atoms with van der Waals surface area (Å²) in [4.78, 5) is 27.9. The summed E-state index contributed by atoms with van der Waals surface area (Å²) in [5.41, 5.74) is 1.06. The van der Waals surface area contributed by atoms with Crippen molar-refractivity contribution >= 4 is 38.9 Å². The lowest BCUT2D eigenvalue weighted by atomic mass is 10.2. The molecule has 1 unspecified atom stereocenters. The van der Waals surface area contributed by atoms with Crippen LogP contribution in [0, 0.1) is 13.9 Å². The number of carbonyl (C=O) groups is 1. The number of hydrogen-bond donors (Lipinski definition) is 1. The number of esters is 1. The van der Waals surface area contributed by atoms with Crippen LogP contribution in [0.3, 0.4) is 0 Å². The molecule has 0 aliphatic rings. The van der Waals surface area contributed by atoms with Crippen LogP contribution >= 0.6 is 32.9 Å². The van der Waals surface area contributed by atoms with Gasteiger partial charge in [0, 0.05) is 4.88 Å². The van der Waals surface area contributed by atoms with Crippen molar-refractivity contribution in [2.24, 2.45) is 0 Å². The van der Waals surface area contributed by atoms with Crippen molar-refractivity contribution in [1.82, 2.24) is 0 Å². The summed E-state index contributed by atoms with van der Waals surface area (Å²) >= 11 is 5.15. The lowest BCUT2D eigenvalue weighted by Gasteiger charge is -2.16. The second-order valence-electron chi connectivity index (χ2n) is 6.11. The quantitative estimate of drug-likeness (QED) is 0.0590. The lowest BCUT2D eigenvalue weighted by molar-refractivity contribution is -0.757. The molecule has 1 heterocycles. The molecule has 0 bridgehead atoms. The summed E-state index contributed by atoms with van der Waals surface area (Å²) in [5.74, 6) is -0.276. The first-order chi connectivity index (χ1) is 15.4. The van der Waals surface area contributed by atoms with E-state index >= 15 is 0 Å². The maximum absolute atomic E-state index is 12.6. The molecule has 0 radical (unpaired) electrons. The van der Waals surface area contributed by atoms with Crippen molar-refractivity contribution in [2.75, 3.05) is 13.2 Å². The largest absolute Gasteiger partial charge is 0.440 e. The van der Waals surface area contributed by atoms with E-state index in [2.05, 4.69) is 4.84 Å². The molecule has 0 amide bonds. The van der Waals surface area contributed by atoms with Gasteiger partial charge in [-0.15, -0.1) is 10.1 Å². The number of aliphatic hydroxyl groups is 1. The van der Waals surface area contributed by atoms with E-state index in [-0.39, 0.29) is 30.9 Å². The minimum Gasteiger partial charge on any atom is -0.440 e. The highest BCUT2D eigenvalue weighted by molar-refractivity contribution is 7.80. The number of aliphatic hydroxyl groups excluding tert-OH is 1. The van der Waals surface area contributed by atoms with Crippen LogP contribution in [0.1, 0.15) is 16.8 Å². The first-order valence-corrected chi connectivity index (χ1v) is 11.7. The maximum Gasteiger partial charge on any atom is 0.347 e. The second kappa shape index (κ2) is 11.6. The molecule has 1 aromatic heterocycles. The van der Waals surface area contributed by atoms with Gasteiger partial charge in [0.05, 0.1) is 13.2 Å². The fraction of sp³-hybridized carbons (Fsp3) is 0.200. The third-order valence-electron chi connectivity index (χ3n) is 3.89. The minimum atomic E-state index is -1.68. The van der Waals surface area contributed by atoms with Crippen LogP contribution in [0.15, 0.2) is 54.6 Å². The smallest absolute Gasteiger partial charge is 0.347 e. The van der Waals surface area contributed by atoms with E-state index < -0.39 is 17.5 Å². The Morgan fingerprint density at radius 1 is 1.12 bits per heavy atom. The van der Waals surface area contributed by atoms with Gasteiger partial charge in [0.15, 0.2) is 0 Å². The Hall–Kier alpha value is -2.90. The third-order valence-corrected chi connectivity index (χ3v) is 6.80. The zero-order chi connectivity index (χ0) is 22.9. The Morgan fingerprint density at radius 3 is 2.56 bits per heavy atom. The van der Waals surface area contributed by atoms with Gasteiger partial charge in [0.1, 0.15) is 20.9 Å². The van der Waals surface area contributed by atoms with Crippen LogP contribution in [0.5, 0.6) is 11.5 Å². The summed E-state index contributed by atoms with van der Waals surface area (Å²) in [6, 6.07) is 15.1. The summed E-state index contributed by atoms with van der Waals surface area (Å²) in [7, 11) is 3.10. The van der Waals surface area contributed by atoms with Crippen molar-refractivity contribution in [3.63, 3.8) is 0 Å². The van der Waals surface area contributed by atoms with Crippen molar-refractivity contribution < 1.29 is 34.0 Å². The van der Waals surface area contributed by atoms with E-state index in [1.165, 1.54) is 22.5 Å². The Kier molecular flexibility index (Phi) is 8.64. The van der Waals surface area contributed by atoms with Gasteiger partial charge in [-0.3, -0.25) is 0 Å². The Balaban J connectivity index is 1.57. The van der Waals surface area contributed by atoms with Gasteiger partial charge in [0.2, 0.25) is 0 Å². The van der Waals surface area contributed by atoms with Crippen LogP contribution in [0.2, 0.25) is 0 Å². The SMILES string of the molecule is O=C(Oc1ccc(-c2cc(=S)ss2)cc1)c1ccccc1OC(O)OCCCO[N+](=O)[O-]. The molecule has 1 N–H and O–H groups in total. The summed E-state index contributed by atoms with van der Waals surface area (Å²) in [5, 5.41) is 19.0. The molecule has 9 nitrogen and oxygen atoms in total. The standard InChI is InChI=1S/C20H17NO8S3/c22-19(28-14-8-6-13(7-9-14)17-12-18(30)32-31-17)15-4-1-2-5-16(15)29-20(23)26-10-3-11-27-21(24)25/h1-2,4-9,12,20,23H,3,10-11H2. The molecule has 3 aromatic rings. The third kappa shape index (κ3) is 7.07. The van der Waals surface area contributed by atoms with Crippen molar-refractivity contribution in [3.05, 3.63) is 74.1 Å². The van der Waals surface area contributed by atoms with Crippen molar-refractivity contribution in [3.8, 4) is 21.9 Å². The number of carbonyl (C=O) groups excluding carboxylic acids is 1. The van der Waals surface area contributed by atoms with Crippen molar-refractivity contribution in [2.45, 2.75) is 12.9 Å². The van der Waals surface area contributed by atoms with E-state index in [9.17, 15) is 20.0 Å².